The first-order valence-electron chi connectivity index (χ1n) is 5.54. The third kappa shape index (κ3) is 1.80. The minimum Gasteiger partial charge on any atom is -0.497 e. The van der Waals surface area contributed by atoms with E-state index >= 15 is 0 Å². The third-order valence-corrected chi connectivity index (χ3v) is 3.04. The maximum atomic E-state index is 5.41. The molecule has 1 aromatic heterocycles. The standard InChI is InChI=1S/C14H11NO2S/c1-16-10-7-5-9(6-8-10)11-3-2-4-12-13(11)15-14(18)17-12/h2-8H,1H3,(H,15,18). The van der Waals surface area contributed by atoms with E-state index in [1.54, 1.807) is 7.11 Å². The summed E-state index contributed by atoms with van der Waals surface area (Å²) in [4.78, 5) is 3.47. The summed E-state index contributed by atoms with van der Waals surface area (Å²) in [6, 6.07) is 13.8. The van der Waals surface area contributed by atoms with E-state index in [2.05, 4.69) is 4.98 Å². The van der Waals surface area contributed by atoms with Crippen LogP contribution in [0.2, 0.25) is 0 Å². The maximum Gasteiger partial charge on any atom is 0.266 e. The fraction of sp³-hybridized carbons (Fsp3) is 0.0714. The molecule has 2 aromatic carbocycles. The molecule has 4 heteroatoms. The average Bonchev–Trinajstić information content (AvgIpc) is 2.79. The van der Waals surface area contributed by atoms with Crippen molar-refractivity contribution in [3.05, 3.63) is 47.3 Å². The summed E-state index contributed by atoms with van der Waals surface area (Å²) in [6.45, 7) is 0. The van der Waals surface area contributed by atoms with E-state index in [0.717, 1.165) is 28.0 Å². The fourth-order valence-electron chi connectivity index (χ4n) is 1.98. The van der Waals surface area contributed by atoms with E-state index in [1.165, 1.54) is 0 Å². The molecule has 0 saturated carbocycles. The van der Waals surface area contributed by atoms with Crippen molar-refractivity contribution >= 4 is 23.3 Å². The van der Waals surface area contributed by atoms with Gasteiger partial charge in [0.25, 0.3) is 4.84 Å². The van der Waals surface area contributed by atoms with E-state index in [0.29, 0.717) is 4.84 Å². The molecule has 0 spiro atoms. The molecule has 90 valence electrons. The number of hydrogen-bond donors (Lipinski definition) is 1. The van der Waals surface area contributed by atoms with Gasteiger partial charge in [-0.05, 0) is 36.0 Å². The third-order valence-electron chi connectivity index (χ3n) is 2.86. The smallest absolute Gasteiger partial charge is 0.266 e. The number of aromatic nitrogens is 1. The number of benzene rings is 2. The van der Waals surface area contributed by atoms with Crippen molar-refractivity contribution in [2.75, 3.05) is 7.11 Å². The first kappa shape index (κ1) is 11.0. The summed E-state index contributed by atoms with van der Waals surface area (Å²) in [6.07, 6.45) is 0. The minimum atomic E-state index is 0.394. The molecule has 0 amide bonds. The molecule has 0 atom stereocenters. The lowest BCUT2D eigenvalue weighted by molar-refractivity contribution is 0.415. The first-order chi connectivity index (χ1) is 8.78. The predicted molar refractivity (Wildman–Crippen MR) is 73.4 cm³/mol. The summed E-state index contributed by atoms with van der Waals surface area (Å²) in [5.74, 6) is 0.839. The molecule has 0 aliphatic heterocycles. The largest absolute Gasteiger partial charge is 0.497 e. The molecule has 1 N–H and O–H groups in total. The molecule has 18 heavy (non-hydrogen) atoms. The number of fused-ring (bicyclic) bond motifs is 1. The zero-order valence-electron chi connectivity index (χ0n) is 9.77. The Bertz CT molecular complexity index is 740. The highest BCUT2D eigenvalue weighted by molar-refractivity contribution is 7.71. The molecule has 3 rings (SSSR count). The van der Waals surface area contributed by atoms with Crippen molar-refractivity contribution in [2.24, 2.45) is 0 Å². The molecule has 0 radical (unpaired) electrons. The molecular weight excluding hydrogens is 246 g/mol. The highest BCUT2D eigenvalue weighted by Crippen LogP contribution is 2.29. The quantitative estimate of drug-likeness (QED) is 0.700. The van der Waals surface area contributed by atoms with Gasteiger partial charge in [0, 0.05) is 5.56 Å². The summed E-state index contributed by atoms with van der Waals surface area (Å²) in [5, 5.41) is 0. The SMILES string of the molecule is COc1ccc(-c2cccc3oc(=S)[nH]c23)cc1. The number of methoxy groups -OCH3 is 1. The van der Waals surface area contributed by atoms with Crippen molar-refractivity contribution in [1.29, 1.82) is 0 Å². The lowest BCUT2D eigenvalue weighted by Crippen LogP contribution is -1.83. The number of aromatic amines is 1. The second-order valence-corrected chi connectivity index (χ2v) is 4.29. The number of para-hydroxylation sites is 1. The van der Waals surface area contributed by atoms with Crippen LogP contribution in [0.25, 0.3) is 22.2 Å². The van der Waals surface area contributed by atoms with Crippen molar-refractivity contribution in [2.45, 2.75) is 0 Å². The van der Waals surface area contributed by atoms with Gasteiger partial charge in [0.2, 0.25) is 0 Å². The number of hydrogen-bond acceptors (Lipinski definition) is 3. The van der Waals surface area contributed by atoms with Crippen molar-refractivity contribution in [3.63, 3.8) is 0 Å². The highest BCUT2D eigenvalue weighted by Gasteiger charge is 2.07. The minimum absolute atomic E-state index is 0.394. The van der Waals surface area contributed by atoms with Crippen molar-refractivity contribution in [1.82, 2.24) is 4.98 Å². The number of ether oxygens (including phenoxy) is 1. The van der Waals surface area contributed by atoms with E-state index < -0.39 is 0 Å². The zero-order valence-corrected chi connectivity index (χ0v) is 10.6. The summed E-state index contributed by atoms with van der Waals surface area (Å²) in [7, 11) is 1.66. The van der Waals surface area contributed by atoms with Crippen LogP contribution in [0, 0.1) is 4.84 Å². The van der Waals surface area contributed by atoms with Crippen LogP contribution in [0.15, 0.2) is 46.9 Å². The van der Waals surface area contributed by atoms with E-state index in [1.807, 2.05) is 42.5 Å². The molecule has 1 heterocycles. The van der Waals surface area contributed by atoms with Crippen LogP contribution in [-0.2, 0) is 0 Å². The van der Waals surface area contributed by atoms with Crippen LogP contribution >= 0.6 is 12.2 Å². The molecule has 0 fully saturated rings. The maximum absolute atomic E-state index is 5.41. The average molecular weight is 257 g/mol. The lowest BCUT2D eigenvalue weighted by atomic mass is 10.0. The van der Waals surface area contributed by atoms with Gasteiger partial charge in [-0.1, -0.05) is 24.3 Å². The normalized spacial score (nSPS) is 10.7. The second kappa shape index (κ2) is 4.31. The second-order valence-electron chi connectivity index (χ2n) is 3.92. The van der Waals surface area contributed by atoms with Gasteiger partial charge in [0.1, 0.15) is 5.75 Å². The van der Waals surface area contributed by atoms with Gasteiger partial charge in [-0.3, -0.25) is 0 Å². The monoisotopic (exact) mass is 257 g/mol. The molecule has 0 unspecified atom stereocenters. The van der Waals surface area contributed by atoms with Gasteiger partial charge >= 0.3 is 0 Å². The number of oxazole rings is 1. The molecule has 0 aliphatic rings. The summed E-state index contributed by atoms with van der Waals surface area (Å²) < 4.78 is 10.6. The highest BCUT2D eigenvalue weighted by atomic mass is 32.1. The Balaban J connectivity index is 2.20. The molecule has 0 aliphatic carbocycles. The molecule has 3 nitrogen and oxygen atoms in total. The van der Waals surface area contributed by atoms with E-state index in [9.17, 15) is 0 Å². The van der Waals surface area contributed by atoms with Crippen LogP contribution < -0.4 is 4.74 Å². The van der Waals surface area contributed by atoms with Crippen LogP contribution in [0.4, 0.5) is 0 Å². The number of rotatable bonds is 2. The zero-order chi connectivity index (χ0) is 12.5. The van der Waals surface area contributed by atoms with Gasteiger partial charge in [-0.2, -0.15) is 0 Å². The van der Waals surface area contributed by atoms with Gasteiger partial charge < -0.3 is 14.1 Å². The Morgan fingerprint density at radius 1 is 1.11 bits per heavy atom. The van der Waals surface area contributed by atoms with Crippen LogP contribution in [-0.4, -0.2) is 12.1 Å². The van der Waals surface area contributed by atoms with Gasteiger partial charge in [-0.25, -0.2) is 0 Å². The van der Waals surface area contributed by atoms with Crippen LogP contribution in [0.1, 0.15) is 0 Å². The van der Waals surface area contributed by atoms with Crippen LogP contribution in [0.3, 0.4) is 0 Å². The van der Waals surface area contributed by atoms with Crippen molar-refractivity contribution in [3.8, 4) is 16.9 Å². The number of H-pyrrole nitrogens is 1. The van der Waals surface area contributed by atoms with Crippen LogP contribution in [0.5, 0.6) is 5.75 Å². The lowest BCUT2D eigenvalue weighted by Gasteiger charge is -2.04. The number of nitrogens with one attached hydrogen (secondary N) is 1. The molecule has 3 aromatic rings. The molecule has 0 saturated heterocycles. The topological polar surface area (TPSA) is 38.2 Å². The van der Waals surface area contributed by atoms with Crippen molar-refractivity contribution < 1.29 is 9.15 Å². The Hall–Kier alpha value is -2.07. The fourth-order valence-corrected chi connectivity index (χ4v) is 2.18. The molecule has 0 bridgehead atoms. The predicted octanol–water partition coefficient (Wildman–Crippen LogP) is 4.17. The van der Waals surface area contributed by atoms with Gasteiger partial charge in [0.05, 0.1) is 12.6 Å². The Morgan fingerprint density at radius 3 is 2.61 bits per heavy atom. The van der Waals surface area contributed by atoms with Gasteiger partial charge in [-0.15, -0.1) is 0 Å². The van der Waals surface area contributed by atoms with E-state index in [4.69, 9.17) is 21.4 Å². The van der Waals surface area contributed by atoms with E-state index in [-0.39, 0.29) is 0 Å². The summed E-state index contributed by atoms with van der Waals surface area (Å²) in [5.41, 5.74) is 3.85. The summed E-state index contributed by atoms with van der Waals surface area (Å²) >= 11 is 5.02. The molecular formula is C14H11NO2S. The first-order valence-corrected chi connectivity index (χ1v) is 5.95. The Kier molecular flexibility index (Phi) is 2.64. The van der Waals surface area contributed by atoms with Gasteiger partial charge in [0.15, 0.2) is 5.58 Å². The Labute approximate surface area is 109 Å². The Morgan fingerprint density at radius 2 is 1.89 bits per heavy atom.